The third-order valence-electron chi connectivity index (χ3n) is 2.38. The van der Waals surface area contributed by atoms with Gasteiger partial charge in [0.05, 0.1) is 17.5 Å². The number of phenols is 1. The van der Waals surface area contributed by atoms with Gasteiger partial charge in [-0.05, 0) is 22.4 Å². The number of hydrogen-bond donors (Lipinski definition) is 2. The number of carbonyl (C=O) groups is 1. The van der Waals surface area contributed by atoms with E-state index in [1.54, 1.807) is 0 Å². The first kappa shape index (κ1) is 13.8. The Labute approximate surface area is 106 Å². The molecule has 1 aromatic carbocycles. The molecule has 1 unspecified atom stereocenters. The summed E-state index contributed by atoms with van der Waals surface area (Å²) in [6.07, 6.45) is -0.0582. The number of hydrogen-bond acceptors (Lipinski definition) is 3. The summed E-state index contributed by atoms with van der Waals surface area (Å²) in [6, 6.07) is 1.17. The van der Waals surface area contributed by atoms with E-state index in [-0.39, 0.29) is 28.0 Å². The highest BCUT2D eigenvalue weighted by atomic mass is 79.9. The molecule has 0 bridgehead atoms. The second-order valence-corrected chi connectivity index (χ2v) is 4.50. The molecule has 94 valence electrons. The maximum absolute atomic E-state index is 13.8. The fourth-order valence-corrected chi connectivity index (χ4v) is 1.91. The van der Waals surface area contributed by atoms with Crippen LogP contribution in [-0.2, 0) is 11.2 Å². The molecule has 0 amide bonds. The Kier molecular flexibility index (Phi) is 4.34. The van der Waals surface area contributed by atoms with E-state index in [9.17, 15) is 14.3 Å². The zero-order valence-corrected chi connectivity index (χ0v) is 10.9. The molecule has 17 heavy (non-hydrogen) atoms. The largest absolute Gasteiger partial charge is 0.504 e. The lowest BCUT2D eigenvalue weighted by atomic mass is 9.99. The summed E-state index contributed by atoms with van der Waals surface area (Å²) in [7, 11) is 1.29. The normalized spacial score (nSPS) is 12.2. The summed E-state index contributed by atoms with van der Waals surface area (Å²) >= 11 is 2.95. The molecule has 0 fully saturated rings. The van der Waals surface area contributed by atoms with Gasteiger partial charge in [-0.3, -0.25) is 4.79 Å². The van der Waals surface area contributed by atoms with E-state index in [1.165, 1.54) is 20.1 Å². The van der Waals surface area contributed by atoms with Gasteiger partial charge < -0.3 is 14.9 Å². The van der Waals surface area contributed by atoms with Gasteiger partial charge in [0.1, 0.15) is 5.82 Å². The Morgan fingerprint density at radius 3 is 2.71 bits per heavy atom. The maximum Gasteiger partial charge on any atom is 0.306 e. The predicted molar refractivity (Wildman–Crippen MR) is 62.8 cm³/mol. The van der Waals surface area contributed by atoms with Crippen molar-refractivity contribution in [2.24, 2.45) is 5.92 Å². The quantitative estimate of drug-likeness (QED) is 0.897. The summed E-state index contributed by atoms with van der Waals surface area (Å²) in [5, 5.41) is 18.4. The smallest absolute Gasteiger partial charge is 0.306 e. The Bertz CT molecular complexity index is 448. The highest BCUT2D eigenvalue weighted by molar-refractivity contribution is 9.10. The summed E-state index contributed by atoms with van der Waals surface area (Å²) in [4.78, 5) is 10.7. The molecule has 0 aliphatic rings. The van der Waals surface area contributed by atoms with Crippen LogP contribution < -0.4 is 4.74 Å². The molecule has 0 aliphatic carbocycles. The Morgan fingerprint density at radius 2 is 2.24 bits per heavy atom. The third kappa shape index (κ3) is 2.88. The molecule has 0 heterocycles. The number of methoxy groups -OCH3 is 1. The van der Waals surface area contributed by atoms with Crippen molar-refractivity contribution in [2.75, 3.05) is 7.11 Å². The Hall–Kier alpha value is -1.30. The first-order valence-electron chi connectivity index (χ1n) is 4.85. The van der Waals surface area contributed by atoms with E-state index in [0.29, 0.717) is 0 Å². The maximum atomic E-state index is 13.8. The number of halogens is 2. The molecular formula is C11H12BrFO4. The van der Waals surface area contributed by atoms with E-state index in [0.717, 1.165) is 0 Å². The number of carboxylic acid groups (broad SMARTS) is 1. The standard InChI is InChI=1S/C11H12BrFO4/c1-5(11(15)16)3-6-9(13)7(12)4-8(14)10(6)17-2/h4-5,14H,3H2,1-2H3,(H,15,16). The lowest BCUT2D eigenvalue weighted by molar-refractivity contribution is -0.141. The van der Waals surface area contributed by atoms with Crippen LogP contribution in [0.5, 0.6) is 11.5 Å². The van der Waals surface area contributed by atoms with Gasteiger partial charge >= 0.3 is 5.97 Å². The molecule has 4 nitrogen and oxygen atoms in total. The average molecular weight is 307 g/mol. The molecule has 1 aromatic rings. The van der Waals surface area contributed by atoms with Crippen LogP contribution in [0.3, 0.4) is 0 Å². The van der Waals surface area contributed by atoms with E-state index < -0.39 is 17.7 Å². The first-order valence-corrected chi connectivity index (χ1v) is 5.64. The van der Waals surface area contributed by atoms with Gasteiger partial charge in [0.15, 0.2) is 11.5 Å². The van der Waals surface area contributed by atoms with Gasteiger partial charge in [0.25, 0.3) is 0 Å². The fraction of sp³-hybridized carbons (Fsp3) is 0.364. The molecule has 0 aliphatic heterocycles. The number of carboxylic acids is 1. The van der Waals surface area contributed by atoms with Crippen molar-refractivity contribution in [1.29, 1.82) is 0 Å². The van der Waals surface area contributed by atoms with Gasteiger partial charge in [-0.15, -0.1) is 0 Å². The lowest BCUT2D eigenvalue weighted by Gasteiger charge is -2.14. The molecule has 2 N–H and O–H groups in total. The van der Waals surface area contributed by atoms with Crippen molar-refractivity contribution >= 4 is 21.9 Å². The van der Waals surface area contributed by atoms with Crippen LogP contribution in [-0.4, -0.2) is 23.3 Å². The SMILES string of the molecule is COc1c(O)cc(Br)c(F)c1CC(C)C(=O)O. The second-order valence-electron chi connectivity index (χ2n) is 3.65. The number of aromatic hydroxyl groups is 1. The Morgan fingerprint density at radius 1 is 1.65 bits per heavy atom. The van der Waals surface area contributed by atoms with E-state index in [2.05, 4.69) is 15.9 Å². The van der Waals surface area contributed by atoms with Gasteiger partial charge in [-0.25, -0.2) is 4.39 Å². The van der Waals surface area contributed by atoms with E-state index in [4.69, 9.17) is 9.84 Å². The molecule has 1 rings (SSSR count). The van der Waals surface area contributed by atoms with Crippen LogP contribution in [0.4, 0.5) is 4.39 Å². The highest BCUT2D eigenvalue weighted by Gasteiger charge is 2.22. The van der Waals surface area contributed by atoms with Crippen LogP contribution in [0.2, 0.25) is 0 Å². The molecule has 0 radical (unpaired) electrons. The number of benzene rings is 1. The Balaban J connectivity index is 3.25. The minimum Gasteiger partial charge on any atom is -0.504 e. The van der Waals surface area contributed by atoms with Crippen molar-refractivity contribution in [3.05, 3.63) is 21.9 Å². The first-order chi connectivity index (χ1) is 7.88. The van der Waals surface area contributed by atoms with Gasteiger partial charge in [0.2, 0.25) is 0 Å². The molecule has 6 heteroatoms. The van der Waals surface area contributed by atoms with E-state index >= 15 is 0 Å². The van der Waals surface area contributed by atoms with Crippen molar-refractivity contribution in [3.63, 3.8) is 0 Å². The van der Waals surface area contributed by atoms with Crippen molar-refractivity contribution < 1.29 is 24.1 Å². The van der Waals surface area contributed by atoms with Gasteiger partial charge in [-0.1, -0.05) is 6.92 Å². The molecule has 0 aromatic heterocycles. The van der Waals surface area contributed by atoms with Crippen LogP contribution in [0, 0.1) is 11.7 Å². The predicted octanol–water partition coefficient (Wildman–Crippen LogP) is 2.57. The average Bonchev–Trinajstić information content (AvgIpc) is 2.25. The molecule has 0 saturated heterocycles. The number of ether oxygens (including phenoxy) is 1. The van der Waals surface area contributed by atoms with Crippen molar-refractivity contribution in [2.45, 2.75) is 13.3 Å². The third-order valence-corrected chi connectivity index (χ3v) is 2.96. The highest BCUT2D eigenvalue weighted by Crippen LogP contribution is 2.37. The van der Waals surface area contributed by atoms with Crippen LogP contribution >= 0.6 is 15.9 Å². The van der Waals surface area contributed by atoms with Crippen LogP contribution in [0.15, 0.2) is 10.5 Å². The summed E-state index contributed by atoms with van der Waals surface area (Å²) < 4.78 is 18.8. The summed E-state index contributed by atoms with van der Waals surface area (Å²) in [6.45, 7) is 1.46. The lowest BCUT2D eigenvalue weighted by Crippen LogP contribution is -2.14. The topological polar surface area (TPSA) is 66.8 Å². The number of phenolic OH excluding ortho intramolecular Hbond substituents is 1. The zero-order valence-electron chi connectivity index (χ0n) is 9.33. The number of rotatable bonds is 4. The summed E-state index contributed by atoms with van der Waals surface area (Å²) in [5.74, 6) is -2.68. The summed E-state index contributed by atoms with van der Waals surface area (Å²) in [5.41, 5.74) is 0.0503. The van der Waals surface area contributed by atoms with Crippen LogP contribution in [0.1, 0.15) is 12.5 Å². The molecule has 1 atom stereocenters. The second kappa shape index (κ2) is 5.35. The van der Waals surface area contributed by atoms with Gasteiger partial charge in [0, 0.05) is 11.6 Å². The molecule has 0 spiro atoms. The monoisotopic (exact) mass is 306 g/mol. The van der Waals surface area contributed by atoms with Crippen LogP contribution in [0.25, 0.3) is 0 Å². The molecule has 0 saturated carbocycles. The van der Waals surface area contributed by atoms with Crippen molar-refractivity contribution in [3.8, 4) is 11.5 Å². The fourth-order valence-electron chi connectivity index (χ4n) is 1.45. The van der Waals surface area contributed by atoms with Crippen molar-refractivity contribution in [1.82, 2.24) is 0 Å². The minimum atomic E-state index is -1.04. The minimum absolute atomic E-state index is 0.0289. The van der Waals surface area contributed by atoms with E-state index in [1.807, 2.05) is 0 Å². The zero-order chi connectivity index (χ0) is 13.2. The molecular weight excluding hydrogens is 295 g/mol. The number of aliphatic carboxylic acids is 1. The van der Waals surface area contributed by atoms with Gasteiger partial charge in [-0.2, -0.15) is 0 Å².